The Labute approximate surface area is 61.9 Å². The summed E-state index contributed by atoms with van der Waals surface area (Å²) in [5.41, 5.74) is 0. The van der Waals surface area contributed by atoms with Gasteiger partial charge >= 0.3 is 0 Å². The maximum Gasteiger partial charge on any atom is 0.181 e. The molecule has 9 heavy (non-hydrogen) atoms. The monoisotopic (exact) mass is 157 g/mol. The molecule has 0 fully saturated rings. The third-order valence-corrected chi connectivity index (χ3v) is 3.57. The summed E-state index contributed by atoms with van der Waals surface area (Å²) in [6, 6.07) is 0. The van der Waals surface area contributed by atoms with Crippen molar-refractivity contribution in [2.24, 2.45) is 0 Å². The fraction of sp³-hybridized carbons (Fsp3) is 0.429. The van der Waals surface area contributed by atoms with E-state index in [1.165, 1.54) is 5.20 Å². The van der Waals surface area contributed by atoms with E-state index in [0.717, 1.165) is 6.42 Å². The molecule has 0 spiro atoms. The van der Waals surface area contributed by atoms with Gasteiger partial charge in [0, 0.05) is 0 Å². The summed E-state index contributed by atoms with van der Waals surface area (Å²) in [4.78, 5) is 0. The second-order valence-corrected chi connectivity index (χ2v) is 8.99. The predicted octanol–water partition coefficient (Wildman–Crippen LogP) is 2.66. The minimum atomic E-state index is -1.53. The van der Waals surface area contributed by atoms with Gasteiger partial charge in [-0.2, -0.15) is 11.1 Å². The zero-order valence-corrected chi connectivity index (χ0v) is 7.50. The molecule has 49 valence electrons. The highest BCUT2D eigenvalue weighted by Gasteiger charge is 2.22. The second kappa shape index (κ2) is 2.31. The molecule has 1 rings (SSSR count). The van der Waals surface area contributed by atoms with E-state index in [2.05, 4.69) is 31.3 Å². The van der Waals surface area contributed by atoms with Gasteiger partial charge in [0.05, 0.1) is 0 Å². The van der Waals surface area contributed by atoms with Gasteiger partial charge < -0.3 is 0 Å². The molecule has 0 N–H and O–H groups in total. The van der Waals surface area contributed by atoms with E-state index in [9.17, 15) is 0 Å². The predicted molar refractivity (Wildman–Crippen MR) is 43.8 cm³/mol. The molecular formula is C7H10ClSi. The van der Waals surface area contributed by atoms with Crippen molar-refractivity contribution in [3.05, 3.63) is 23.4 Å². The van der Waals surface area contributed by atoms with Crippen molar-refractivity contribution in [3.63, 3.8) is 0 Å². The van der Waals surface area contributed by atoms with Crippen molar-refractivity contribution in [1.29, 1.82) is 0 Å². The van der Waals surface area contributed by atoms with E-state index in [1.807, 2.05) is 0 Å². The molecule has 1 aliphatic carbocycles. The van der Waals surface area contributed by atoms with Crippen LogP contribution >= 0.6 is 11.1 Å². The van der Waals surface area contributed by atoms with Crippen molar-refractivity contribution in [2.75, 3.05) is 0 Å². The molecule has 0 saturated carbocycles. The normalized spacial score (nSPS) is 18.3. The van der Waals surface area contributed by atoms with Crippen LogP contribution in [0.3, 0.4) is 0 Å². The Bertz CT molecular complexity index is 162. The quantitative estimate of drug-likeness (QED) is 0.406. The maximum absolute atomic E-state index is 6.13. The lowest BCUT2D eigenvalue weighted by Crippen LogP contribution is -2.18. The smallest absolute Gasteiger partial charge is 0.162 e. The van der Waals surface area contributed by atoms with Gasteiger partial charge in [0.2, 0.25) is 0 Å². The van der Waals surface area contributed by atoms with E-state index in [-0.39, 0.29) is 0 Å². The summed E-state index contributed by atoms with van der Waals surface area (Å²) in [5, 5.41) is 1.25. The first-order valence-corrected chi connectivity index (χ1v) is 7.08. The molecule has 0 nitrogen and oxygen atoms in total. The topological polar surface area (TPSA) is 0 Å². The number of hydrogen-bond donors (Lipinski definition) is 0. The lowest BCUT2D eigenvalue weighted by Gasteiger charge is -2.11. The molecule has 0 atom stereocenters. The fourth-order valence-corrected chi connectivity index (χ4v) is 2.24. The molecule has 0 bridgehead atoms. The summed E-state index contributed by atoms with van der Waals surface area (Å²) in [5.74, 6) is 0. The first-order valence-electron chi connectivity index (χ1n) is 3.07. The molecular weight excluding hydrogens is 148 g/mol. The molecule has 1 aliphatic rings. The van der Waals surface area contributed by atoms with Gasteiger partial charge in [0.25, 0.3) is 0 Å². The fourth-order valence-electron chi connectivity index (χ4n) is 0.813. The first kappa shape index (κ1) is 7.10. The standard InChI is InChI=1S/C7H10ClSi/c1-9(2,8)7-5-3-4-6-7/h3,5H,4H2,1-2H3. The van der Waals surface area contributed by atoms with Crippen LogP contribution in [0, 0.1) is 6.08 Å². The molecule has 0 saturated heterocycles. The Hall–Kier alpha value is -0.0131. The molecule has 0 aromatic heterocycles. The lowest BCUT2D eigenvalue weighted by atomic mass is 10.5. The molecule has 1 radical (unpaired) electrons. The Balaban J connectivity index is 2.73. The Morgan fingerprint density at radius 3 is 2.56 bits per heavy atom. The van der Waals surface area contributed by atoms with E-state index in [4.69, 9.17) is 11.1 Å². The van der Waals surface area contributed by atoms with Gasteiger partial charge in [0.1, 0.15) is 0 Å². The Kier molecular flexibility index (Phi) is 1.82. The van der Waals surface area contributed by atoms with Crippen molar-refractivity contribution in [2.45, 2.75) is 19.5 Å². The highest BCUT2D eigenvalue weighted by atomic mass is 35.6. The zero-order chi connectivity index (χ0) is 6.91. The minimum Gasteiger partial charge on any atom is -0.162 e. The third kappa shape index (κ3) is 1.70. The summed E-state index contributed by atoms with van der Waals surface area (Å²) in [6.45, 7) is 4.24. The average molecular weight is 158 g/mol. The SMILES string of the molecule is C[Si](C)(Cl)C1=[C]CC=C1. The highest BCUT2D eigenvalue weighted by molar-refractivity contribution is 7.23. The van der Waals surface area contributed by atoms with Crippen molar-refractivity contribution >= 4 is 18.5 Å². The van der Waals surface area contributed by atoms with E-state index >= 15 is 0 Å². The van der Waals surface area contributed by atoms with Crippen LogP contribution in [0.5, 0.6) is 0 Å². The largest absolute Gasteiger partial charge is 0.181 e. The van der Waals surface area contributed by atoms with Gasteiger partial charge in [-0.25, -0.2) is 0 Å². The summed E-state index contributed by atoms with van der Waals surface area (Å²) in [7, 11) is -1.53. The number of hydrogen-bond acceptors (Lipinski definition) is 0. The summed E-state index contributed by atoms with van der Waals surface area (Å²) >= 11 is 6.13. The number of halogens is 1. The van der Waals surface area contributed by atoms with Crippen molar-refractivity contribution in [3.8, 4) is 0 Å². The summed E-state index contributed by atoms with van der Waals surface area (Å²) < 4.78 is 0. The molecule has 2 heteroatoms. The molecule has 0 heterocycles. The van der Waals surface area contributed by atoms with Crippen molar-refractivity contribution in [1.82, 2.24) is 0 Å². The minimum absolute atomic E-state index is 0.957. The summed E-state index contributed by atoms with van der Waals surface area (Å²) in [6.07, 6.45) is 8.39. The maximum atomic E-state index is 6.13. The van der Waals surface area contributed by atoms with Gasteiger partial charge in [-0.05, 0) is 17.7 Å². The van der Waals surface area contributed by atoms with Gasteiger partial charge in [0.15, 0.2) is 7.38 Å². The molecule has 0 aromatic rings. The van der Waals surface area contributed by atoms with Crippen LogP contribution in [0.1, 0.15) is 6.42 Å². The van der Waals surface area contributed by atoms with Crippen LogP contribution in [0.2, 0.25) is 13.1 Å². The van der Waals surface area contributed by atoms with Crippen LogP contribution < -0.4 is 0 Å². The van der Waals surface area contributed by atoms with Gasteiger partial charge in [-0.15, -0.1) is 0 Å². The third-order valence-electron chi connectivity index (χ3n) is 1.34. The van der Waals surface area contributed by atoms with Crippen LogP contribution in [0.4, 0.5) is 0 Å². The van der Waals surface area contributed by atoms with Crippen LogP contribution in [0.25, 0.3) is 0 Å². The number of allylic oxidation sites excluding steroid dienone is 4. The average Bonchev–Trinajstić information content (AvgIpc) is 2.08. The van der Waals surface area contributed by atoms with Gasteiger partial charge in [-0.1, -0.05) is 25.2 Å². The van der Waals surface area contributed by atoms with Crippen LogP contribution in [-0.2, 0) is 0 Å². The molecule has 0 amide bonds. The van der Waals surface area contributed by atoms with Gasteiger partial charge in [-0.3, -0.25) is 0 Å². The zero-order valence-electron chi connectivity index (χ0n) is 5.74. The highest BCUT2D eigenvalue weighted by Crippen LogP contribution is 2.23. The van der Waals surface area contributed by atoms with Crippen LogP contribution in [0.15, 0.2) is 17.3 Å². The lowest BCUT2D eigenvalue weighted by molar-refractivity contribution is 1.39. The number of rotatable bonds is 1. The molecule has 0 aliphatic heterocycles. The van der Waals surface area contributed by atoms with Crippen molar-refractivity contribution < 1.29 is 0 Å². The van der Waals surface area contributed by atoms with Crippen LogP contribution in [-0.4, -0.2) is 7.38 Å². The Morgan fingerprint density at radius 2 is 2.33 bits per heavy atom. The van der Waals surface area contributed by atoms with E-state index in [1.54, 1.807) is 0 Å². The molecule has 0 unspecified atom stereocenters. The second-order valence-electron chi connectivity index (χ2n) is 2.67. The Morgan fingerprint density at radius 1 is 1.67 bits per heavy atom. The first-order chi connectivity index (χ1) is 4.11. The van der Waals surface area contributed by atoms with E-state index in [0.29, 0.717) is 0 Å². The molecule has 0 aromatic carbocycles. The van der Waals surface area contributed by atoms with E-state index < -0.39 is 7.38 Å².